The number of aromatic amines is 4. The molecule has 0 fully saturated rings. The molecule has 0 spiro atoms. The van der Waals surface area contributed by atoms with Crippen LogP contribution in [0.5, 0.6) is 0 Å². The monoisotopic (exact) mass is 902 g/mol. The van der Waals surface area contributed by atoms with Crippen molar-refractivity contribution in [1.29, 1.82) is 0 Å². The van der Waals surface area contributed by atoms with Gasteiger partial charge in [0, 0.05) is 0 Å². The zero-order chi connectivity index (χ0) is 42.2. The number of H-pyrrole nitrogens is 4. The number of nitrogens with zero attached hydrogens (tertiary/aromatic N) is 4. The van der Waals surface area contributed by atoms with E-state index in [0.29, 0.717) is 0 Å². The fourth-order valence-corrected chi connectivity index (χ4v) is 3.40. The van der Waals surface area contributed by atoms with Gasteiger partial charge in [-0.25, -0.2) is 38.2 Å². The molecule has 0 saturated heterocycles. The number of aromatic nitrogens is 8. The largest absolute Gasteiger partial charge is 4.00 e. The summed E-state index contributed by atoms with van der Waals surface area (Å²) in [6, 6.07) is 16.7. The van der Waals surface area contributed by atoms with E-state index < -0.39 is 47.8 Å². The number of imidazole rings is 4. The van der Waals surface area contributed by atoms with Crippen LogP contribution in [0, 0.1) is 0 Å². The maximum Gasteiger partial charge on any atom is 4.00 e. The summed E-state index contributed by atoms with van der Waals surface area (Å²) in [7, 11) is 0. The molecule has 0 atom stereocenters. The molecule has 26 nitrogen and oxygen atoms in total. The average molecular weight is 904 g/mol. The Morgan fingerprint density at radius 2 is 0.458 bits per heavy atom. The van der Waals surface area contributed by atoms with Crippen LogP contribution in [-0.4, -0.2) is 78.6 Å². The summed E-state index contributed by atoms with van der Waals surface area (Å²) in [6.45, 7) is 0. The van der Waals surface area contributed by atoms with E-state index in [4.69, 9.17) is 79.2 Å². The Labute approximate surface area is 347 Å². The number of aliphatic carboxylic acids is 8. The first-order chi connectivity index (χ1) is 26.4. The van der Waals surface area contributed by atoms with Crippen LogP contribution in [0.1, 0.15) is 0 Å². The minimum Gasteiger partial charge on any atom is -0.543 e. The van der Waals surface area contributed by atoms with Crippen LogP contribution in [0.4, 0.5) is 0 Å². The zero-order valence-corrected chi connectivity index (χ0v) is 31.8. The van der Waals surface area contributed by atoms with Gasteiger partial charge >= 0.3 is 26.2 Å². The second kappa shape index (κ2) is 29.2. The molecule has 0 aliphatic carbocycles. The first kappa shape index (κ1) is 55.2. The second-order valence-corrected chi connectivity index (χ2v) is 9.41. The number of carbonyl (C=O) groups excluding carboxylic acids is 8. The molecule has 0 saturated carbocycles. The van der Waals surface area contributed by atoms with Crippen LogP contribution in [0.15, 0.2) is 123 Å². The van der Waals surface area contributed by atoms with Crippen LogP contribution in [0.2, 0.25) is 0 Å². The number of carboxylic acids is 8. The number of hydrogen-bond donors (Lipinski definition) is 4. The third-order valence-electron chi connectivity index (χ3n) is 5.74. The van der Waals surface area contributed by atoms with E-state index >= 15 is 0 Å². The Morgan fingerprint density at radius 1 is 0.322 bits per heavy atom. The molecular weight excluding hydrogens is 876 g/mol. The van der Waals surface area contributed by atoms with Crippen LogP contribution < -0.4 is 59.1 Å². The molecule has 0 radical (unpaired) electrons. The van der Waals surface area contributed by atoms with E-state index in [1.54, 1.807) is 0 Å². The number of hydrogen-bond acceptors (Lipinski definition) is 16. The number of rotatable bonds is 4. The summed E-state index contributed by atoms with van der Waals surface area (Å²) in [6.07, 6.45) is 23.2. The normalized spacial score (nSPS) is 8.68. The van der Waals surface area contributed by atoms with Gasteiger partial charge in [0.1, 0.15) is 72.3 Å². The third kappa shape index (κ3) is 22.1. The van der Waals surface area contributed by atoms with Gasteiger partial charge in [-0.05, 0) is 48.5 Å². The first-order valence-corrected chi connectivity index (χ1v) is 14.5. The minimum absolute atomic E-state index is 0. The van der Waals surface area contributed by atoms with Crippen molar-refractivity contribution in [1.82, 2.24) is 19.9 Å². The Kier molecular flexibility index (Phi) is 27.3. The van der Waals surface area contributed by atoms with Crippen molar-refractivity contribution >= 4 is 47.8 Å². The summed E-state index contributed by atoms with van der Waals surface area (Å²) in [5, 5.41) is 71.4. The summed E-state index contributed by atoms with van der Waals surface area (Å²) < 4.78 is 8.13. The van der Waals surface area contributed by atoms with Crippen molar-refractivity contribution in [3.63, 3.8) is 0 Å². The maximum atomic E-state index is 8.93. The third-order valence-corrected chi connectivity index (χ3v) is 5.74. The van der Waals surface area contributed by atoms with Crippen LogP contribution in [0.25, 0.3) is 22.7 Å². The molecule has 0 unspecified atom stereocenters. The molecule has 59 heavy (non-hydrogen) atoms. The number of nitrogens with one attached hydrogen (secondary N) is 4. The quantitative estimate of drug-likeness (QED) is 0.0942. The molecule has 0 aliphatic heterocycles. The Morgan fingerprint density at radius 3 is 0.542 bits per heavy atom. The number of benzene rings is 2. The molecule has 4 heterocycles. The van der Waals surface area contributed by atoms with Gasteiger partial charge in [-0.3, -0.25) is 0 Å². The molecule has 0 amide bonds. The van der Waals surface area contributed by atoms with Gasteiger partial charge in [0.2, 0.25) is 25.3 Å². The Balaban J connectivity index is -0.000000680. The van der Waals surface area contributed by atoms with Crippen molar-refractivity contribution in [2.45, 2.75) is 0 Å². The van der Waals surface area contributed by atoms with Gasteiger partial charge in [-0.1, -0.05) is 0 Å². The van der Waals surface area contributed by atoms with Crippen molar-refractivity contribution in [2.75, 3.05) is 0 Å². The zero-order valence-electron chi connectivity index (χ0n) is 29.4. The van der Waals surface area contributed by atoms with Crippen molar-refractivity contribution in [2.24, 2.45) is 0 Å². The minimum atomic E-state index is -2.19. The predicted molar refractivity (Wildman–Crippen MR) is 164 cm³/mol. The summed E-state index contributed by atoms with van der Waals surface area (Å²) in [5.41, 5.74) is 4.56. The van der Waals surface area contributed by atoms with E-state index in [-0.39, 0.29) is 37.2 Å². The molecular formula is C32H28N8O18Zr. The van der Waals surface area contributed by atoms with Gasteiger partial charge in [0.25, 0.3) is 0 Å². The molecule has 6 aromatic rings. The summed E-state index contributed by atoms with van der Waals surface area (Å²) in [5.74, 6) is -17.5. The molecule has 4 aromatic heterocycles. The number of carbonyl (C=O) groups is 8. The molecule has 0 bridgehead atoms. The molecule has 2 aromatic carbocycles. The van der Waals surface area contributed by atoms with Crippen molar-refractivity contribution < 1.29 is 135 Å². The SMILES string of the molecule is O.O.O=C([O-])C(=O)[O-].O=C([O-])C(=O)[O-].O=C([O-])C(=O)[O-].O=C([O-])C(=O)[O-].[Zr+4].c1c[n+](-c2ccc(-[n+]3cc[nH]c3)cc2)c[nH]1.c1c[n+](-c2ccc(-[n+]3cc[nH]c3)cc2)c[nH]1. The number of carboxylic acid groups (broad SMARTS) is 8. The summed E-state index contributed by atoms with van der Waals surface area (Å²) >= 11 is 0. The molecule has 27 heteroatoms. The van der Waals surface area contributed by atoms with E-state index in [1.165, 1.54) is 0 Å². The maximum absolute atomic E-state index is 8.93. The molecule has 6 rings (SSSR count). The van der Waals surface area contributed by atoms with Crippen molar-refractivity contribution in [3.8, 4) is 22.7 Å². The predicted octanol–water partition coefficient (Wildman–Crippen LogP) is -13.9. The van der Waals surface area contributed by atoms with Crippen LogP contribution >= 0.6 is 0 Å². The van der Waals surface area contributed by atoms with E-state index in [2.05, 4.69) is 68.5 Å². The van der Waals surface area contributed by atoms with Crippen LogP contribution in [-0.2, 0) is 64.6 Å². The van der Waals surface area contributed by atoms with Gasteiger partial charge in [-0.2, -0.15) is 0 Å². The smallest absolute Gasteiger partial charge is 0.543 e. The van der Waals surface area contributed by atoms with E-state index in [9.17, 15) is 0 Å². The summed E-state index contributed by atoms with van der Waals surface area (Å²) in [4.78, 5) is 83.5. The van der Waals surface area contributed by atoms with E-state index in [0.717, 1.165) is 22.7 Å². The van der Waals surface area contributed by atoms with Gasteiger partial charge in [0.05, 0.1) is 47.8 Å². The standard InChI is InChI=1S/2C12H10N4.4C2H2O4.2H2O.Zr/c2*1-2-12(16-8-6-14-10-16)4-3-11(1)15-7-5-13-9-15;4*3-1(4)2(5)6;;;/h2*1-10H;4*(H,3,4)(H,5,6);2*1H2;/q;;;;;;;;+4/p-4. The van der Waals surface area contributed by atoms with Crippen molar-refractivity contribution in [3.05, 3.63) is 123 Å². The van der Waals surface area contributed by atoms with Gasteiger partial charge in [0.15, 0.2) is 0 Å². The molecule has 308 valence electrons. The fraction of sp³-hybridized carbons (Fsp3) is 0. The average Bonchev–Trinajstić information content (AvgIpc) is 4.02. The molecule has 8 N–H and O–H groups in total. The Bertz CT molecular complexity index is 1800. The molecule has 0 aliphatic rings. The Hall–Kier alpha value is -8.16. The second-order valence-electron chi connectivity index (χ2n) is 9.41. The first-order valence-electron chi connectivity index (χ1n) is 14.5. The van der Waals surface area contributed by atoms with Gasteiger partial charge in [-0.15, -0.1) is 0 Å². The van der Waals surface area contributed by atoms with Gasteiger partial charge < -0.3 is 90.2 Å². The van der Waals surface area contributed by atoms with E-state index in [1.807, 2.05) is 93.2 Å². The topological polar surface area (TPSA) is 463 Å². The van der Waals surface area contributed by atoms with Crippen LogP contribution in [0.3, 0.4) is 0 Å². The fourth-order valence-electron chi connectivity index (χ4n) is 3.40.